The molecule has 2 aromatic rings. The molecule has 0 spiro atoms. The summed E-state index contributed by atoms with van der Waals surface area (Å²) >= 11 is 0. The number of ether oxygens (including phenoxy) is 1. The number of hydrogen-bond acceptors (Lipinski definition) is 4. The largest absolute Gasteiger partial charge is 0.497 e. The highest BCUT2D eigenvalue weighted by molar-refractivity contribution is 7.92. The summed E-state index contributed by atoms with van der Waals surface area (Å²) in [6.45, 7) is 1.52. The predicted octanol–water partition coefficient (Wildman–Crippen LogP) is 2.92. The van der Waals surface area contributed by atoms with E-state index in [9.17, 15) is 13.2 Å². The molecule has 1 N–H and O–H groups in total. The lowest BCUT2D eigenvalue weighted by atomic mass is 10.2. The first-order chi connectivity index (χ1) is 13.0. The van der Waals surface area contributed by atoms with Crippen molar-refractivity contribution in [3.05, 3.63) is 59.7 Å². The zero-order valence-electron chi connectivity index (χ0n) is 15.3. The van der Waals surface area contributed by atoms with Crippen LogP contribution in [0.15, 0.2) is 48.5 Å². The van der Waals surface area contributed by atoms with Gasteiger partial charge in [-0.2, -0.15) is 0 Å². The maximum absolute atomic E-state index is 12.5. The van der Waals surface area contributed by atoms with Gasteiger partial charge in [0.1, 0.15) is 5.75 Å². The lowest BCUT2D eigenvalue weighted by Gasteiger charge is -2.16. The van der Waals surface area contributed by atoms with Gasteiger partial charge in [0.05, 0.1) is 12.9 Å². The molecule has 0 saturated carbocycles. The van der Waals surface area contributed by atoms with Gasteiger partial charge in [-0.15, -0.1) is 0 Å². The van der Waals surface area contributed by atoms with Gasteiger partial charge in [-0.25, -0.2) is 8.42 Å². The van der Waals surface area contributed by atoms with Crippen LogP contribution in [0, 0.1) is 0 Å². The zero-order chi connectivity index (χ0) is 19.3. The molecule has 2 aromatic carbocycles. The standard InChI is InChI=1S/C20H24N2O4S/c1-26-19-9-4-6-16(14-19)10-13-27(24,25)21-18-8-5-7-17(15-18)20(23)22-11-2-3-12-22/h4-9,14-15,21H,2-3,10-13H2,1H3. The fourth-order valence-corrected chi connectivity index (χ4v) is 4.22. The molecule has 0 aromatic heterocycles. The van der Waals surface area contributed by atoms with E-state index < -0.39 is 10.0 Å². The van der Waals surface area contributed by atoms with E-state index in [-0.39, 0.29) is 11.7 Å². The van der Waals surface area contributed by atoms with Crippen molar-refractivity contribution in [3.8, 4) is 5.75 Å². The Hall–Kier alpha value is -2.54. The molecule has 0 aliphatic carbocycles. The van der Waals surface area contributed by atoms with E-state index in [1.54, 1.807) is 36.3 Å². The summed E-state index contributed by atoms with van der Waals surface area (Å²) in [6, 6.07) is 14.0. The monoisotopic (exact) mass is 388 g/mol. The average Bonchev–Trinajstić information content (AvgIpc) is 3.21. The molecule has 0 atom stereocenters. The molecular formula is C20H24N2O4S. The van der Waals surface area contributed by atoms with Gasteiger partial charge in [-0.1, -0.05) is 18.2 Å². The van der Waals surface area contributed by atoms with Crippen molar-refractivity contribution in [1.29, 1.82) is 0 Å². The Kier molecular flexibility index (Phi) is 6.01. The lowest BCUT2D eigenvalue weighted by molar-refractivity contribution is 0.0793. The van der Waals surface area contributed by atoms with E-state index in [1.807, 2.05) is 24.3 Å². The Bertz CT molecular complexity index is 906. The number of amides is 1. The van der Waals surface area contributed by atoms with Crippen molar-refractivity contribution in [1.82, 2.24) is 4.90 Å². The number of anilines is 1. The second-order valence-electron chi connectivity index (χ2n) is 6.60. The molecule has 1 aliphatic rings. The predicted molar refractivity (Wildman–Crippen MR) is 106 cm³/mol. The number of carbonyl (C=O) groups is 1. The Morgan fingerprint density at radius 2 is 1.85 bits per heavy atom. The Balaban J connectivity index is 1.64. The molecule has 144 valence electrons. The van der Waals surface area contributed by atoms with Crippen LogP contribution in [0.5, 0.6) is 5.75 Å². The van der Waals surface area contributed by atoms with Gasteiger partial charge in [0.15, 0.2) is 0 Å². The van der Waals surface area contributed by atoms with Crippen molar-refractivity contribution in [2.45, 2.75) is 19.3 Å². The summed E-state index contributed by atoms with van der Waals surface area (Å²) in [7, 11) is -1.95. The van der Waals surface area contributed by atoms with Crippen LogP contribution in [-0.2, 0) is 16.4 Å². The van der Waals surface area contributed by atoms with Crippen LogP contribution in [0.2, 0.25) is 0 Å². The van der Waals surface area contributed by atoms with Crippen LogP contribution in [0.1, 0.15) is 28.8 Å². The minimum absolute atomic E-state index is 0.0510. The molecule has 1 saturated heterocycles. The number of rotatable bonds is 7. The van der Waals surface area contributed by atoms with E-state index in [2.05, 4.69) is 4.72 Å². The molecule has 0 bridgehead atoms. The minimum Gasteiger partial charge on any atom is -0.497 e. The fraction of sp³-hybridized carbons (Fsp3) is 0.350. The number of likely N-dealkylation sites (tertiary alicyclic amines) is 1. The number of methoxy groups -OCH3 is 1. The zero-order valence-corrected chi connectivity index (χ0v) is 16.2. The Morgan fingerprint density at radius 1 is 1.11 bits per heavy atom. The van der Waals surface area contributed by atoms with Crippen LogP contribution >= 0.6 is 0 Å². The summed E-state index contributed by atoms with van der Waals surface area (Å²) in [4.78, 5) is 14.3. The summed E-state index contributed by atoms with van der Waals surface area (Å²) in [5.74, 6) is 0.598. The van der Waals surface area contributed by atoms with Crippen LogP contribution in [0.4, 0.5) is 5.69 Å². The smallest absolute Gasteiger partial charge is 0.253 e. The molecule has 1 fully saturated rings. The molecule has 3 rings (SSSR count). The highest BCUT2D eigenvalue weighted by Crippen LogP contribution is 2.18. The molecule has 6 nitrogen and oxygen atoms in total. The van der Waals surface area contributed by atoms with E-state index in [4.69, 9.17) is 4.74 Å². The molecule has 1 aliphatic heterocycles. The van der Waals surface area contributed by atoms with E-state index >= 15 is 0 Å². The molecule has 27 heavy (non-hydrogen) atoms. The maximum Gasteiger partial charge on any atom is 0.253 e. The summed E-state index contributed by atoms with van der Waals surface area (Å²) in [5, 5.41) is 0. The SMILES string of the molecule is COc1cccc(CCS(=O)(=O)Nc2cccc(C(=O)N3CCCC3)c2)c1. The van der Waals surface area contributed by atoms with Crippen molar-refractivity contribution in [2.24, 2.45) is 0 Å². The van der Waals surface area contributed by atoms with E-state index in [0.29, 0.717) is 23.4 Å². The van der Waals surface area contributed by atoms with Gasteiger partial charge in [-0.3, -0.25) is 9.52 Å². The average molecular weight is 388 g/mol. The minimum atomic E-state index is -3.53. The second kappa shape index (κ2) is 8.43. The maximum atomic E-state index is 12.5. The number of hydrogen-bond donors (Lipinski definition) is 1. The molecular weight excluding hydrogens is 364 g/mol. The van der Waals surface area contributed by atoms with E-state index in [1.165, 1.54) is 0 Å². The fourth-order valence-electron chi connectivity index (χ4n) is 3.13. The third kappa shape index (κ3) is 5.23. The van der Waals surface area contributed by atoms with Gasteiger partial charge in [-0.05, 0) is 55.2 Å². The van der Waals surface area contributed by atoms with Crippen LogP contribution in [0.25, 0.3) is 0 Å². The lowest BCUT2D eigenvalue weighted by Crippen LogP contribution is -2.27. The third-order valence-electron chi connectivity index (χ3n) is 4.57. The van der Waals surface area contributed by atoms with Gasteiger partial charge in [0.2, 0.25) is 10.0 Å². The molecule has 1 heterocycles. The first-order valence-corrected chi connectivity index (χ1v) is 10.6. The van der Waals surface area contributed by atoms with Crippen molar-refractivity contribution in [3.63, 3.8) is 0 Å². The number of nitrogens with one attached hydrogen (secondary N) is 1. The highest BCUT2D eigenvalue weighted by atomic mass is 32.2. The highest BCUT2D eigenvalue weighted by Gasteiger charge is 2.20. The van der Waals surface area contributed by atoms with E-state index in [0.717, 1.165) is 31.5 Å². The third-order valence-corrected chi connectivity index (χ3v) is 5.86. The number of carbonyl (C=O) groups excluding carboxylic acids is 1. The molecule has 1 amide bonds. The topological polar surface area (TPSA) is 75.7 Å². The quantitative estimate of drug-likeness (QED) is 0.791. The van der Waals surface area contributed by atoms with Crippen molar-refractivity contribution in [2.75, 3.05) is 30.7 Å². The summed E-state index contributed by atoms with van der Waals surface area (Å²) in [6.07, 6.45) is 2.41. The van der Waals surface area contributed by atoms with Crippen molar-refractivity contribution >= 4 is 21.6 Å². The normalized spacial score (nSPS) is 14.2. The molecule has 0 unspecified atom stereocenters. The first kappa shape index (κ1) is 19.2. The number of nitrogens with zero attached hydrogens (tertiary/aromatic N) is 1. The van der Waals surface area contributed by atoms with Gasteiger partial charge >= 0.3 is 0 Å². The number of benzene rings is 2. The van der Waals surface area contributed by atoms with Crippen LogP contribution < -0.4 is 9.46 Å². The van der Waals surface area contributed by atoms with Gasteiger partial charge in [0, 0.05) is 24.3 Å². The number of sulfonamides is 1. The van der Waals surface area contributed by atoms with Crippen molar-refractivity contribution < 1.29 is 17.9 Å². The second-order valence-corrected chi connectivity index (χ2v) is 8.44. The Labute approximate surface area is 160 Å². The summed E-state index contributed by atoms with van der Waals surface area (Å²) in [5.41, 5.74) is 1.80. The van der Waals surface area contributed by atoms with Gasteiger partial charge < -0.3 is 9.64 Å². The first-order valence-electron chi connectivity index (χ1n) is 8.99. The Morgan fingerprint density at radius 3 is 2.59 bits per heavy atom. The molecule has 7 heteroatoms. The molecule has 0 radical (unpaired) electrons. The van der Waals surface area contributed by atoms with Crippen LogP contribution in [0.3, 0.4) is 0 Å². The summed E-state index contributed by atoms with van der Waals surface area (Å²) < 4.78 is 32.6. The van der Waals surface area contributed by atoms with Gasteiger partial charge in [0.25, 0.3) is 5.91 Å². The number of aryl methyl sites for hydroxylation is 1. The van der Waals surface area contributed by atoms with Crippen LogP contribution in [-0.4, -0.2) is 45.2 Å².